The van der Waals surface area contributed by atoms with E-state index in [4.69, 9.17) is 5.26 Å². The molecule has 0 aliphatic heterocycles. The second-order valence-corrected chi connectivity index (χ2v) is 3.54. The number of hydrogen-bond donors (Lipinski definition) is 0. The van der Waals surface area contributed by atoms with E-state index in [0.29, 0.717) is 5.92 Å². The lowest BCUT2D eigenvalue weighted by molar-refractivity contribution is 0.501. The molecule has 1 atom stereocenters. The first-order chi connectivity index (χ1) is 6.35. The molecular weight excluding hydrogens is 158 g/mol. The van der Waals surface area contributed by atoms with E-state index >= 15 is 0 Å². The monoisotopic (exact) mass is 179 g/mol. The summed E-state index contributed by atoms with van der Waals surface area (Å²) in [6, 6.07) is 2.39. The van der Waals surface area contributed by atoms with Crippen LogP contribution >= 0.6 is 0 Å². The van der Waals surface area contributed by atoms with Crippen LogP contribution in [0.3, 0.4) is 0 Å². The lowest BCUT2D eigenvalue weighted by atomic mass is 9.97. The van der Waals surface area contributed by atoms with Gasteiger partial charge in [-0.25, -0.2) is 0 Å². The first kappa shape index (κ1) is 12.2. The molecule has 0 rings (SSSR count). The largest absolute Gasteiger partial charge is 0.198 e. The molecule has 0 aromatic carbocycles. The summed E-state index contributed by atoms with van der Waals surface area (Å²) in [4.78, 5) is 0. The van der Waals surface area contributed by atoms with Gasteiger partial charge >= 0.3 is 0 Å². The van der Waals surface area contributed by atoms with Crippen molar-refractivity contribution in [3.63, 3.8) is 0 Å². The van der Waals surface area contributed by atoms with Gasteiger partial charge < -0.3 is 0 Å². The van der Waals surface area contributed by atoms with E-state index in [9.17, 15) is 0 Å². The van der Waals surface area contributed by atoms with Crippen molar-refractivity contribution in [2.75, 3.05) is 0 Å². The van der Waals surface area contributed by atoms with Crippen LogP contribution in [0.1, 0.15) is 51.9 Å². The standard InChI is InChI=1S/C12H21N/c1-3-5-7-8-10-12(11-13)9-6-4-2/h3,12H,1,4-10H2,2H3. The van der Waals surface area contributed by atoms with Gasteiger partial charge in [-0.3, -0.25) is 0 Å². The van der Waals surface area contributed by atoms with Gasteiger partial charge in [-0.15, -0.1) is 6.58 Å². The lowest BCUT2D eigenvalue weighted by Crippen LogP contribution is -1.96. The van der Waals surface area contributed by atoms with E-state index in [1.54, 1.807) is 0 Å². The highest BCUT2D eigenvalue weighted by Crippen LogP contribution is 2.15. The minimum Gasteiger partial charge on any atom is -0.198 e. The zero-order chi connectivity index (χ0) is 9.94. The van der Waals surface area contributed by atoms with Gasteiger partial charge in [0.1, 0.15) is 0 Å². The van der Waals surface area contributed by atoms with Gasteiger partial charge in [0.05, 0.1) is 6.07 Å². The van der Waals surface area contributed by atoms with Crippen molar-refractivity contribution in [2.45, 2.75) is 51.9 Å². The molecule has 0 heterocycles. The Hall–Kier alpha value is -0.770. The molecule has 13 heavy (non-hydrogen) atoms. The Morgan fingerprint density at radius 1 is 1.31 bits per heavy atom. The van der Waals surface area contributed by atoms with Crippen molar-refractivity contribution in [3.05, 3.63) is 12.7 Å². The predicted octanol–water partition coefficient (Wildman–Crippen LogP) is 4.06. The Morgan fingerprint density at radius 2 is 2.00 bits per heavy atom. The third kappa shape index (κ3) is 7.59. The molecule has 0 aromatic rings. The molecule has 0 amide bonds. The third-order valence-electron chi connectivity index (χ3n) is 2.30. The SMILES string of the molecule is C=CCCCCC(C#N)CCCC. The smallest absolute Gasteiger partial charge is 0.0655 e. The molecule has 1 unspecified atom stereocenters. The van der Waals surface area contributed by atoms with Gasteiger partial charge in [-0.2, -0.15) is 5.26 Å². The fourth-order valence-electron chi connectivity index (χ4n) is 1.40. The van der Waals surface area contributed by atoms with Crippen molar-refractivity contribution in [3.8, 4) is 6.07 Å². The Labute approximate surface area is 82.5 Å². The van der Waals surface area contributed by atoms with Crippen molar-refractivity contribution >= 4 is 0 Å². The lowest BCUT2D eigenvalue weighted by Gasteiger charge is -2.06. The summed E-state index contributed by atoms with van der Waals surface area (Å²) in [6.07, 6.45) is 9.96. The molecular formula is C12H21N. The molecule has 1 heteroatoms. The molecule has 0 aliphatic carbocycles. The van der Waals surface area contributed by atoms with Crippen LogP contribution < -0.4 is 0 Å². The van der Waals surface area contributed by atoms with Crippen LogP contribution in [0.2, 0.25) is 0 Å². The highest BCUT2D eigenvalue weighted by atomic mass is 14.3. The summed E-state index contributed by atoms with van der Waals surface area (Å²) in [5, 5.41) is 8.84. The molecule has 0 saturated heterocycles. The highest BCUT2D eigenvalue weighted by Gasteiger charge is 2.05. The van der Waals surface area contributed by atoms with Crippen molar-refractivity contribution in [1.29, 1.82) is 5.26 Å². The van der Waals surface area contributed by atoms with Crippen molar-refractivity contribution in [2.24, 2.45) is 5.92 Å². The Kier molecular flexibility index (Phi) is 8.77. The first-order valence-electron chi connectivity index (χ1n) is 5.35. The fourth-order valence-corrected chi connectivity index (χ4v) is 1.40. The van der Waals surface area contributed by atoms with Crippen LogP contribution in [0.15, 0.2) is 12.7 Å². The van der Waals surface area contributed by atoms with Crippen LogP contribution in [-0.4, -0.2) is 0 Å². The number of rotatable bonds is 8. The van der Waals surface area contributed by atoms with Crippen LogP contribution in [0.4, 0.5) is 0 Å². The zero-order valence-electron chi connectivity index (χ0n) is 8.76. The molecule has 1 nitrogen and oxygen atoms in total. The van der Waals surface area contributed by atoms with Gasteiger partial charge in [-0.1, -0.05) is 32.3 Å². The van der Waals surface area contributed by atoms with Crippen molar-refractivity contribution < 1.29 is 0 Å². The van der Waals surface area contributed by atoms with E-state index in [1.807, 2.05) is 6.08 Å². The normalized spacial score (nSPS) is 12.0. The molecule has 0 N–H and O–H groups in total. The summed E-state index contributed by atoms with van der Waals surface area (Å²) in [5.74, 6) is 0.296. The third-order valence-corrected chi connectivity index (χ3v) is 2.30. The molecule has 0 fully saturated rings. The van der Waals surface area contributed by atoms with E-state index < -0.39 is 0 Å². The molecule has 0 aliphatic rings. The highest BCUT2D eigenvalue weighted by molar-refractivity contribution is 4.82. The summed E-state index contributed by atoms with van der Waals surface area (Å²) in [5.41, 5.74) is 0. The Bertz CT molecular complexity index is 155. The van der Waals surface area contributed by atoms with Crippen LogP contribution in [0.5, 0.6) is 0 Å². The van der Waals surface area contributed by atoms with Gasteiger partial charge in [0.2, 0.25) is 0 Å². The maximum atomic E-state index is 8.84. The van der Waals surface area contributed by atoms with E-state index in [1.165, 1.54) is 25.7 Å². The average Bonchev–Trinajstić information content (AvgIpc) is 2.17. The second kappa shape index (κ2) is 9.32. The number of unbranched alkanes of at least 4 members (excludes halogenated alkanes) is 3. The van der Waals surface area contributed by atoms with Crippen molar-refractivity contribution in [1.82, 2.24) is 0 Å². The zero-order valence-corrected chi connectivity index (χ0v) is 8.76. The van der Waals surface area contributed by atoms with Gasteiger partial charge in [0.25, 0.3) is 0 Å². The maximum Gasteiger partial charge on any atom is 0.0655 e. The molecule has 0 bridgehead atoms. The molecule has 0 radical (unpaired) electrons. The minimum atomic E-state index is 0.296. The summed E-state index contributed by atoms with van der Waals surface area (Å²) in [7, 11) is 0. The number of nitriles is 1. The summed E-state index contributed by atoms with van der Waals surface area (Å²) >= 11 is 0. The van der Waals surface area contributed by atoms with E-state index in [0.717, 1.165) is 19.3 Å². The van der Waals surface area contributed by atoms with E-state index in [-0.39, 0.29) is 0 Å². The minimum absolute atomic E-state index is 0.296. The quantitative estimate of drug-likeness (QED) is 0.407. The fraction of sp³-hybridized carbons (Fsp3) is 0.750. The topological polar surface area (TPSA) is 23.8 Å². The van der Waals surface area contributed by atoms with Crippen LogP contribution in [0.25, 0.3) is 0 Å². The second-order valence-electron chi connectivity index (χ2n) is 3.54. The van der Waals surface area contributed by atoms with Gasteiger partial charge in [0, 0.05) is 5.92 Å². The van der Waals surface area contributed by atoms with Gasteiger partial charge in [-0.05, 0) is 25.7 Å². The number of hydrogen-bond acceptors (Lipinski definition) is 1. The first-order valence-corrected chi connectivity index (χ1v) is 5.35. The molecule has 0 saturated carbocycles. The van der Waals surface area contributed by atoms with E-state index in [2.05, 4.69) is 19.6 Å². The summed E-state index contributed by atoms with van der Waals surface area (Å²) in [6.45, 7) is 5.85. The summed E-state index contributed by atoms with van der Waals surface area (Å²) < 4.78 is 0. The number of nitrogens with zero attached hydrogens (tertiary/aromatic N) is 1. The maximum absolute atomic E-state index is 8.84. The van der Waals surface area contributed by atoms with Crippen LogP contribution in [0, 0.1) is 17.2 Å². The van der Waals surface area contributed by atoms with Gasteiger partial charge in [0.15, 0.2) is 0 Å². The van der Waals surface area contributed by atoms with Crippen LogP contribution in [-0.2, 0) is 0 Å². The molecule has 0 aromatic heterocycles. The molecule has 74 valence electrons. The Morgan fingerprint density at radius 3 is 2.54 bits per heavy atom. The predicted molar refractivity (Wildman–Crippen MR) is 57.3 cm³/mol. The number of allylic oxidation sites excluding steroid dienone is 1. The molecule has 0 spiro atoms. The Balaban J connectivity index is 3.37. The average molecular weight is 179 g/mol.